The van der Waals surface area contributed by atoms with E-state index >= 15 is 0 Å². The van der Waals surface area contributed by atoms with Crippen molar-refractivity contribution in [3.05, 3.63) is 71.3 Å². The maximum absolute atomic E-state index is 2.34. The molecular formula is C18H20. The fourth-order valence-electron chi connectivity index (χ4n) is 3.10. The van der Waals surface area contributed by atoms with Crippen molar-refractivity contribution in [2.24, 2.45) is 0 Å². The van der Waals surface area contributed by atoms with E-state index in [4.69, 9.17) is 0 Å². The highest BCUT2D eigenvalue weighted by molar-refractivity contribution is 5.46. The minimum atomic E-state index is 0.476. The molecule has 0 radical (unpaired) electrons. The summed E-state index contributed by atoms with van der Waals surface area (Å²) in [5.74, 6) is 0.476. The molecule has 0 N–H and O–H groups in total. The van der Waals surface area contributed by atoms with E-state index in [-0.39, 0.29) is 0 Å². The molecule has 0 bridgehead atoms. The van der Waals surface area contributed by atoms with E-state index < -0.39 is 0 Å². The number of hydrogen-bond acceptors (Lipinski definition) is 0. The van der Waals surface area contributed by atoms with Crippen LogP contribution in [0.25, 0.3) is 0 Å². The summed E-state index contributed by atoms with van der Waals surface area (Å²) in [6, 6.07) is 10.9. The van der Waals surface area contributed by atoms with Crippen LogP contribution in [0.5, 0.6) is 0 Å². The Morgan fingerprint density at radius 3 is 2.39 bits per heavy atom. The largest absolute Gasteiger partial charge is 0.0726 e. The van der Waals surface area contributed by atoms with Crippen LogP contribution >= 0.6 is 0 Å². The highest BCUT2D eigenvalue weighted by Crippen LogP contribution is 2.36. The second kappa shape index (κ2) is 5.39. The molecule has 1 unspecified atom stereocenters. The van der Waals surface area contributed by atoms with Gasteiger partial charge in [0.1, 0.15) is 0 Å². The molecule has 1 aromatic rings. The van der Waals surface area contributed by atoms with Gasteiger partial charge in [-0.05, 0) is 36.8 Å². The average molecular weight is 236 g/mol. The second-order valence-electron chi connectivity index (χ2n) is 5.25. The van der Waals surface area contributed by atoms with Crippen LogP contribution in [-0.2, 0) is 0 Å². The van der Waals surface area contributed by atoms with Crippen LogP contribution in [0.3, 0.4) is 0 Å². The molecule has 0 heterocycles. The van der Waals surface area contributed by atoms with Gasteiger partial charge in [-0.3, -0.25) is 0 Å². The molecule has 1 saturated carbocycles. The summed E-state index contributed by atoms with van der Waals surface area (Å²) >= 11 is 0. The lowest BCUT2D eigenvalue weighted by Crippen LogP contribution is -2.06. The lowest BCUT2D eigenvalue weighted by molar-refractivity contribution is 0.591. The van der Waals surface area contributed by atoms with Crippen LogP contribution in [-0.4, -0.2) is 0 Å². The highest BCUT2D eigenvalue weighted by atomic mass is 14.2. The highest BCUT2D eigenvalue weighted by Gasteiger charge is 2.18. The molecular weight excluding hydrogens is 216 g/mol. The molecule has 0 aromatic heterocycles. The minimum Gasteiger partial charge on any atom is -0.0726 e. The van der Waals surface area contributed by atoms with Gasteiger partial charge < -0.3 is 0 Å². The number of allylic oxidation sites excluding steroid dienone is 6. The maximum Gasteiger partial charge on any atom is 0.0272 e. The smallest absolute Gasteiger partial charge is 0.0272 e. The van der Waals surface area contributed by atoms with Crippen molar-refractivity contribution in [2.75, 3.05) is 0 Å². The van der Waals surface area contributed by atoms with Crippen molar-refractivity contribution >= 4 is 0 Å². The third-order valence-electron chi connectivity index (χ3n) is 4.05. The zero-order chi connectivity index (χ0) is 12.2. The molecule has 18 heavy (non-hydrogen) atoms. The van der Waals surface area contributed by atoms with E-state index in [0.717, 1.165) is 0 Å². The summed E-state index contributed by atoms with van der Waals surface area (Å²) in [6.07, 6.45) is 15.8. The fourth-order valence-corrected chi connectivity index (χ4v) is 3.10. The molecule has 92 valence electrons. The van der Waals surface area contributed by atoms with Crippen molar-refractivity contribution in [3.63, 3.8) is 0 Å². The molecule has 0 spiro atoms. The van der Waals surface area contributed by atoms with Crippen LogP contribution < -0.4 is 0 Å². The Labute approximate surface area is 110 Å². The summed E-state index contributed by atoms with van der Waals surface area (Å²) in [4.78, 5) is 0. The molecule has 1 aromatic carbocycles. The zero-order valence-electron chi connectivity index (χ0n) is 10.8. The summed E-state index contributed by atoms with van der Waals surface area (Å²) < 4.78 is 0. The van der Waals surface area contributed by atoms with Gasteiger partial charge in [0, 0.05) is 5.92 Å². The monoisotopic (exact) mass is 236 g/mol. The average Bonchev–Trinajstić information content (AvgIpc) is 2.49. The number of benzene rings is 1. The van der Waals surface area contributed by atoms with Gasteiger partial charge in [0.05, 0.1) is 0 Å². The molecule has 2 aliphatic rings. The quantitative estimate of drug-likeness (QED) is 0.632. The first-order valence-electron chi connectivity index (χ1n) is 7.07. The van der Waals surface area contributed by atoms with Gasteiger partial charge in [-0.2, -0.15) is 0 Å². The Kier molecular flexibility index (Phi) is 3.45. The summed E-state index contributed by atoms with van der Waals surface area (Å²) in [5, 5.41) is 0. The van der Waals surface area contributed by atoms with E-state index in [1.165, 1.54) is 37.7 Å². The van der Waals surface area contributed by atoms with Crippen molar-refractivity contribution in [2.45, 2.75) is 38.0 Å². The minimum absolute atomic E-state index is 0.476. The Bertz CT molecular complexity index is 480. The molecule has 0 nitrogen and oxygen atoms in total. The Morgan fingerprint density at radius 2 is 1.61 bits per heavy atom. The summed E-state index contributed by atoms with van der Waals surface area (Å²) in [6.45, 7) is 0. The third kappa shape index (κ3) is 2.33. The number of rotatable bonds is 1. The van der Waals surface area contributed by atoms with E-state index in [2.05, 4.69) is 54.6 Å². The Morgan fingerprint density at radius 1 is 0.833 bits per heavy atom. The SMILES string of the molecule is C1=CC(=C2CCCCC2)C(c2ccccc2)C=C1. The van der Waals surface area contributed by atoms with Crippen LogP contribution in [0.1, 0.15) is 43.6 Å². The predicted octanol–water partition coefficient (Wildman–Crippen LogP) is 5.16. The molecule has 2 aliphatic carbocycles. The van der Waals surface area contributed by atoms with Gasteiger partial charge in [-0.25, -0.2) is 0 Å². The first-order valence-corrected chi connectivity index (χ1v) is 7.07. The Hall–Kier alpha value is -1.56. The van der Waals surface area contributed by atoms with Crippen molar-refractivity contribution in [1.29, 1.82) is 0 Å². The van der Waals surface area contributed by atoms with Crippen molar-refractivity contribution in [3.8, 4) is 0 Å². The first kappa shape index (κ1) is 11.5. The van der Waals surface area contributed by atoms with Crippen LogP contribution in [0, 0.1) is 0 Å². The van der Waals surface area contributed by atoms with Gasteiger partial charge in [0.25, 0.3) is 0 Å². The third-order valence-corrected chi connectivity index (χ3v) is 4.05. The first-order chi connectivity index (χ1) is 8.95. The standard InChI is InChI=1S/C18H20/c1-3-9-15(10-4-1)17-13-7-8-14-18(17)16-11-5-2-6-12-16/h1,3-4,7-10,13-14,17H,2,5-6,11-12H2. The van der Waals surface area contributed by atoms with Crippen molar-refractivity contribution < 1.29 is 0 Å². The molecule has 1 atom stereocenters. The van der Waals surface area contributed by atoms with E-state index in [1.54, 1.807) is 11.1 Å². The number of hydrogen-bond donors (Lipinski definition) is 0. The molecule has 0 saturated heterocycles. The summed E-state index contributed by atoms with van der Waals surface area (Å²) in [5.41, 5.74) is 4.67. The topological polar surface area (TPSA) is 0 Å². The zero-order valence-corrected chi connectivity index (χ0v) is 10.8. The van der Waals surface area contributed by atoms with E-state index in [1.807, 2.05) is 0 Å². The molecule has 1 fully saturated rings. The predicted molar refractivity (Wildman–Crippen MR) is 77.6 cm³/mol. The van der Waals surface area contributed by atoms with Gasteiger partial charge >= 0.3 is 0 Å². The summed E-state index contributed by atoms with van der Waals surface area (Å²) in [7, 11) is 0. The Balaban J connectivity index is 1.97. The van der Waals surface area contributed by atoms with Gasteiger partial charge in [0.2, 0.25) is 0 Å². The molecule has 0 heteroatoms. The van der Waals surface area contributed by atoms with E-state index in [9.17, 15) is 0 Å². The lowest BCUT2D eigenvalue weighted by atomic mass is 9.81. The van der Waals surface area contributed by atoms with E-state index in [0.29, 0.717) is 5.92 Å². The van der Waals surface area contributed by atoms with Gasteiger partial charge in [-0.1, -0.05) is 66.6 Å². The molecule has 0 aliphatic heterocycles. The van der Waals surface area contributed by atoms with Crippen LogP contribution in [0.2, 0.25) is 0 Å². The molecule has 3 rings (SSSR count). The second-order valence-corrected chi connectivity index (χ2v) is 5.25. The lowest BCUT2D eigenvalue weighted by Gasteiger charge is -2.24. The fraction of sp³-hybridized carbons (Fsp3) is 0.333. The van der Waals surface area contributed by atoms with Crippen molar-refractivity contribution in [1.82, 2.24) is 0 Å². The van der Waals surface area contributed by atoms with Gasteiger partial charge in [-0.15, -0.1) is 0 Å². The van der Waals surface area contributed by atoms with Crippen LogP contribution in [0.4, 0.5) is 0 Å². The maximum atomic E-state index is 2.34. The van der Waals surface area contributed by atoms with Gasteiger partial charge in [0.15, 0.2) is 0 Å². The van der Waals surface area contributed by atoms with Crippen LogP contribution in [0.15, 0.2) is 65.8 Å². The molecule has 0 amide bonds. The normalized spacial score (nSPS) is 23.4.